The van der Waals surface area contributed by atoms with Gasteiger partial charge in [-0.05, 0) is 12.1 Å². The van der Waals surface area contributed by atoms with Crippen molar-refractivity contribution < 1.29 is 47.7 Å². The fourth-order valence-electron chi connectivity index (χ4n) is 5.20. The SMILES string of the molecule is COc1ccc(OC)c2c1C1=C(/C2=C\OC(C)=O)[C@@H](OC(C)=O)[C@H]2C(=O)N(C)C(=O)[C@H]2[C@@H]1OC(C)=O. The number of esters is 3. The lowest BCUT2D eigenvalue weighted by atomic mass is 9.72. The highest BCUT2D eigenvalue weighted by Gasteiger charge is 2.62. The number of fused-ring (bicyclic) bond motifs is 3. The first-order valence-corrected chi connectivity index (χ1v) is 11.1. The molecule has 4 atom stereocenters. The van der Waals surface area contributed by atoms with Gasteiger partial charge in [-0.3, -0.25) is 28.9 Å². The van der Waals surface area contributed by atoms with Crippen molar-refractivity contribution >= 4 is 40.9 Å². The van der Waals surface area contributed by atoms with Gasteiger partial charge in [0, 0.05) is 55.7 Å². The molecule has 190 valence electrons. The average Bonchev–Trinajstić information content (AvgIpc) is 3.27. The molecule has 1 aliphatic heterocycles. The number of likely N-dealkylation sites (tertiary alicyclic amines) is 1. The van der Waals surface area contributed by atoms with Crippen LogP contribution in [0.4, 0.5) is 0 Å². The monoisotopic (exact) mass is 499 g/mol. The van der Waals surface area contributed by atoms with Crippen molar-refractivity contribution in [1.82, 2.24) is 4.90 Å². The second kappa shape index (κ2) is 9.14. The van der Waals surface area contributed by atoms with Crippen molar-refractivity contribution in [1.29, 1.82) is 0 Å². The van der Waals surface area contributed by atoms with Gasteiger partial charge >= 0.3 is 17.9 Å². The highest BCUT2D eigenvalue weighted by Crippen LogP contribution is 2.59. The maximum absolute atomic E-state index is 13.3. The summed E-state index contributed by atoms with van der Waals surface area (Å²) < 4.78 is 27.7. The quantitative estimate of drug-likeness (QED) is 0.254. The van der Waals surface area contributed by atoms with Crippen LogP contribution in [0.3, 0.4) is 0 Å². The molecular weight excluding hydrogens is 474 g/mol. The molecule has 1 fully saturated rings. The summed E-state index contributed by atoms with van der Waals surface area (Å²) in [7, 11) is 4.19. The Morgan fingerprint density at radius 3 is 1.69 bits per heavy atom. The summed E-state index contributed by atoms with van der Waals surface area (Å²) in [4.78, 5) is 63.6. The van der Waals surface area contributed by atoms with Crippen LogP contribution < -0.4 is 9.47 Å². The van der Waals surface area contributed by atoms with Gasteiger partial charge in [0.15, 0.2) is 0 Å². The number of hydrogen-bond donors (Lipinski definition) is 0. The number of benzene rings is 1. The Morgan fingerprint density at radius 1 is 0.778 bits per heavy atom. The van der Waals surface area contributed by atoms with E-state index in [-0.39, 0.29) is 11.1 Å². The lowest BCUT2D eigenvalue weighted by molar-refractivity contribution is -0.157. The highest BCUT2D eigenvalue weighted by molar-refractivity contribution is 6.13. The molecule has 36 heavy (non-hydrogen) atoms. The average molecular weight is 499 g/mol. The maximum Gasteiger partial charge on any atom is 0.307 e. The van der Waals surface area contributed by atoms with E-state index >= 15 is 0 Å². The van der Waals surface area contributed by atoms with Crippen molar-refractivity contribution in [3.8, 4) is 11.5 Å². The van der Waals surface area contributed by atoms with Crippen LogP contribution in [0.2, 0.25) is 0 Å². The van der Waals surface area contributed by atoms with Gasteiger partial charge < -0.3 is 23.7 Å². The van der Waals surface area contributed by atoms with Gasteiger partial charge in [0.1, 0.15) is 30.0 Å². The van der Waals surface area contributed by atoms with E-state index in [0.717, 1.165) is 11.2 Å². The summed E-state index contributed by atoms with van der Waals surface area (Å²) in [5.41, 5.74) is 1.64. The number of imide groups is 1. The van der Waals surface area contributed by atoms with Gasteiger partial charge in [-0.1, -0.05) is 0 Å². The molecule has 4 rings (SSSR count). The number of nitrogens with zero attached hydrogens (tertiary/aromatic N) is 1. The van der Waals surface area contributed by atoms with E-state index < -0.39 is 53.8 Å². The zero-order chi connectivity index (χ0) is 26.5. The summed E-state index contributed by atoms with van der Waals surface area (Å²) in [6.07, 6.45) is -1.31. The zero-order valence-corrected chi connectivity index (χ0v) is 20.6. The molecule has 0 aromatic heterocycles. The lowest BCUT2D eigenvalue weighted by Crippen LogP contribution is -2.46. The minimum absolute atomic E-state index is 0.258. The van der Waals surface area contributed by atoms with E-state index in [1.807, 2.05) is 0 Å². The van der Waals surface area contributed by atoms with Crippen molar-refractivity contribution in [2.75, 3.05) is 21.3 Å². The largest absolute Gasteiger partial charge is 0.496 e. The van der Waals surface area contributed by atoms with Crippen LogP contribution in [0.5, 0.6) is 11.5 Å². The Labute approximate surface area is 206 Å². The molecule has 3 aliphatic rings. The molecule has 0 unspecified atom stereocenters. The summed E-state index contributed by atoms with van der Waals surface area (Å²) in [5.74, 6) is -4.84. The van der Waals surface area contributed by atoms with E-state index in [9.17, 15) is 24.0 Å². The normalized spacial score (nSPS) is 25.3. The molecule has 1 aromatic rings. The second-order valence-electron chi connectivity index (χ2n) is 8.54. The van der Waals surface area contributed by atoms with Crippen LogP contribution in [0.25, 0.3) is 11.1 Å². The summed E-state index contributed by atoms with van der Waals surface area (Å²) in [5, 5.41) is 0. The number of amides is 2. The number of rotatable bonds is 5. The van der Waals surface area contributed by atoms with Gasteiger partial charge in [-0.15, -0.1) is 0 Å². The van der Waals surface area contributed by atoms with Gasteiger partial charge in [-0.25, -0.2) is 0 Å². The smallest absolute Gasteiger partial charge is 0.307 e. The van der Waals surface area contributed by atoms with Crippen LogP contribution >= 0.6 is 0 Å². The van der Waals surface area contributed by atoms with Gasteiger partial charge in [0.05, 0.1) is 26.1 Å². The third-order valence-electron chi connectivity index (χ3n) is 6.46. The summed E-state index contributed by atoms with van der Waals surface area (Å²) >= 11 is 0. The predicted octanol–water partition coefficient (Wildman–Crippen LogP) is 1.48. The van der Waals surface area contributed by atoms with E-state index in [1.54, 1.807) is 12.1 Å². The van der Waals surface area contributed by atoms with E-state index in [2.05, 4.69) is 0 Å². The van der Waals surface area contributed by atoms with Crippen molar-refractivity contribution in [2.24, 2.45) is 11.8 Å². The summed E-state index contributed by atoms with van der Waals surface area (Å²) in [6.45, 7) is 3.57. The highest BCUT2D eigenvalue weighted by atomic mass is 16.6. The second-order valence-corrected chi connectivity index (χ2v) is 8.54. The molecule has 0 radical (unpaired) electrons. The lowest BCUT2D eigenvalue weighted by Gasteiger charge is -2.37. The molecule has 2 aliphatic carbocycles. The Balaban J connectivity index is 2.13. The molecule has 1 heterocycles. The molecule has 1 saturated heterocycles. The maximum atomic E-state index is 13.3. The van der Waals surface area contributed by atoms with Gasteiger partial charge in [-0.2, -0.15) is 0 Å². The Morgan fingerprint density at radius 2 is 1.25 bits per heavy atom. The molecule has 0 spiro atoms. The summed E-state index contributed by atoms with van der Waals surface area (Å²) in [6, 6.07) is 3.26. The third-order valence-corrected chi connectivity index (χ3v) is 6.46. The third kappa shape index (κ3) is 3.71. The molecular formula is C25H25NO10. The number of methoxy groups -OCH3 is 2. The molecule has 11 heteroatoms. The van der Waals surface area contributed by atoms with E-state index in [0.29, 0.717) is 28.2 Å². The van der Waals surface area contributed by atoms with Crippen molar-refractivity contribution in [2.45, 2.75) is 33.0 Å². The number of carbonyl (C=O) groups is 5. The van der Waals surface area contributed by atoms with Crippen molar-refractivity contribution in [3.05, 3.63) is 35.1 Å². The fraction of sp³-hybridized carbons (Fsp3) is 0.400. The Hall–Kier alpha value is -4.15. The van der Waals surface area contributed by atoms with Gasteiger partial charge in [0.25, 0.3) is 0 Å². The number of carbonyl (C=O) groups excluding carboxylic acids is 5. The van der Waals surface area contributed by atoms with Crippen LogP contribution in [0.1, 0.15) is 31.9 Å². The van der Waals surface area contributed by atoms with Gasteiger partial charge in [0.2, 0.25) is 11.8 Å². The first-order valence-electron chi connectivity index (χ1n) is 11.1. The predicted molar refractivity (Wildman–Crippen MR) is 122 cm³/mol. The molecule has 11 nitrogen and oxygen atoms in total. The zero-order valence-electron chi connectivity index (χ0n) is 20.6. The van der Waals surface area contributed by atoms with Crippen LogP contribution in [0.15, 0.2) is 24.0 Å². The standard InChI is InChI=1S/C25H25NO10/c1-10(27)34-9-13-16-14(32-5)7-8-15(33-6)18(16)19-17(13)22(35-11(2)28)20-21(23(19)36-12(3)29)25(31)26(4)24(20)30/h7-9,20-23H,1-6H3/b13-9-/t20-,21+,22+,23+/m0/s1. The minimum atomic E-state index is -1.25. The number of hydrogen-bond acceptors (Lipinski definition) is 10. The molecule has 0 bridgehead atoms. The number of ether oxygens (including phenoxy) is 5. The van der Waals surface area contributed by atoms with Crippen molar-refractivity contribution in [3.63, 3.8) is 0 Å². The van der Waals surface area contributed by atoms with Crippen LogP contribution in [-0.2, 0) is 38.2 Å². The molecule has 0 N–H and O–H groups in total. The Bertz CT molecular complexity index is 1260. The van der Waals surface area contributed by atoms with E-state index in [1.165, 1.54) is 42.0 Å². The van der Waals surface area contributed by atoms with E-state index in [4.69, 9.17) is 23.7 Å². The molecule has 0 saturated carbocycles. The van der Waals surface area contributed by atoms with Crippen LogP contribution in [0, 0.1) is 11.8 Å². The first kappa shape index (κ1) is 25.0. The first-order chi connectivity index (χ1) is 17.0. The minimum Gasteiger partial charge on any atom is -0.496 e. The molecule has 1 aromatic carbocycles. The van der Waals surface area contributed by atoms with Crippen LogP contribution in [-0.4, -0.2) is 68.1 Å². The fourth-order valence-corrected chi connectivity index (χ4v) is 5.20. The topological polar surface area (TPSA) is 135 Å². The molecule has 2 amide bonds. The Kier molecular flexibility index (Phi) is 6.33.